The molecule has 27 heavy (non-hydrogen) atoms. The molecule has 1 unspecified atom stereocenters. The fourth-order valence-electron chi connectivity index (χ4n) is 3.47. The summed E-state index contributed by atoms with van der Waals surface area (Å²) in [4.78, 5) is 2.48. The van der Waals surface area contributed by atoms with Gasteiger partial charge in [0.05, 0.1) is 32.2 Å². The fraction of sp³-hybridized carbons (Fsp3) is 0.550. The molecule has 1 aliphatic rings. The number of methoxy groups -OCH3 is 2. The van der Waals surface area contributed by atoms with Gasteiger partial charge in [-0.2, -0.15) is 5.10 Å². The van der Waals surface area contributed by atoms with E-state index in [-0.39, 0.29) is 0 Å². The highest BCUT2D eigenvalue weighted by Crippen LogP contribution is 2.24. The summed E-state index contributed by atoms with van der Waals surface area (Å²) in [5.74, 6) is 0.881. The van der Waals surface area contributed by atoms with E-state index in [9.17, 15) is 0 Å². The average Bonchev–Trinajstić information content (AvgIpc) is 3.06. The maximum absolute atomic E-state index is 5.54. The van der Waals surface area contributed by atoms with Gasteiger partial charge in [0.2, 0.25) is 0 Å². The molecule has 1 fully saturated rings. The van der Waals surface area contributed by atoms with Crippen LogP contribution in [0.1, 0.15) is 22.9 Å². The zero-order valence-electron chi connectivity index (χ0n) is 16.5. The van der Waals surface area contributed by atoms with Crippen LogP contribution in [0.25, 0.3) is 0 Å². The van der Waals surface area contributed by atoms with Crippen LogP contribution in [0.15, 0.2) is 30.5 Å². The lowest BCUT2D eigenvalue weighted by Crippen LogP contribution is -2.42. The number of ether oxygens (including phenoxy) is 3. The van der Waals surface area contributed by atoms with Gasteiger partial charge >= 0.3 is 0 Å². The molecule has 0 bridgehead atoms. The highest BCUT2D eigenvalue weighted by Gasteiger charge is 2.22. The molecule has 1 N–H and O–H groups in total. The van der Waals surface area contributed by atoms with E-state index in [4.69, 9.17) is 14.2 Å². The van der Waals surface area contributed by atoms with Gasteiger partial charge in [-0.05, 0) is 30.2 Å². The van der Waals surface area contributed by atoms with E-state index < -0.39 is 0 Å². The van der Waals surface area contributed by atoms with E-state index >= 15 is 0 Å². The van der Waals surface area contributed by atoms with Crippen molar-refractivity contribution in [3.8, 4) is 5.75 Å². The number of aryl methyl sites for hydroxylation is 1. The number of nitrogens with zero attached hydrogens (tertiary/aromatic N) is 3. The van der Waals surface area contributed by atoms with Crippen molar-refractivity contribution in [2.75, 3.05) is 47.1 Å². The van der Waals surface area contributed by atoms with Crippen molar-refractivity contribution in [1.29, 1.82) is 0 Å². The van der Waals surface area contributed by atoms with Crippen molar-refractivity contribution in [3.05, 3.63) is 47.3 Å². The van der Waals surface area contributed by atoms with Crippen LogP contribution in [-0.2, 0) is 22.7 Å². The summed E-state index contributed by atoms with van der Waals surface area (Å²) in [6, 6.07) is 8.66. The predicted molar refractivity (Wildman–Crippen MR) is 104 cm³/mol. The molecular formula is C20H30N4O3. The average molecular weight is 374 g/mol. The van der Waals surface area contributed by atoms with Gasteiger partial charge in [-0.3, -0.25) is 4.90 Å². The first-order valence-electron chi connectivity index (χ1n) is 9.39. The van der Waals surface area contributed by atoms with Crippen LogP contribution in [0, 0.1) is 6.92 Å². The van der Waals surface area contributed by atoms with Crippen molar-refractivity contribution in [2.24, 2.45) is 0 Å². The third-order valence-electron chi connectivity index (χ3n) is 5.03. The maximum atomic E-state index is 5.54. The minimum absolute atomic E-state index is 0.291. The third-order valence-corrected chi connectivity index (χ3v) is 5.03. The molecule has 7 heteroatoms. The Morgan fingerprint density at radius 2 is 1.93 bits per heavy atom. The molecule has 0 radical (unpaired) electrons. The van der Waals surface area contributed by atoms with Crippen LogP contribution < -0.4 is 10.1 Å². The lowest BCUT2D eigenvalue weighted by atomic mass is 10.0. The second-order valence-electron chi connectivity index (χ2n) is 6.76. The molecule has 0 amide bonds. The van der Waals surface area contributed by atoms with Gasteiger partial charge in [0.15, 0.2) is 0 Å². The van der Waals surface area contributed by atoms with Crippen molar-refractivity contribution in [2.45, 2.75) is 26.2 Å². The maximum Gasteiger partial charge on any atom is 0.139 e. The van der Waals surface area contributed by atoms with Crippen molar-refractivity contribution in [1.82, 2.24) is 20.0 Å². The number of benzene rings is 1. The van der Waals surface area contributed by atoms with E-state index in [0.717, 1.165) is 50.8 Å². The Hall–Kier alpha value is -1.93. The predicted octanol–water partition coefficient (Wildman–Crippen LogP) is 1.97. The second kappa shape index (κ2) is 9.85. The Labute approximate surface area is 161 Å². The van der Waals surface area contributed by atoms with Gasteiger partial charge in [0, 0.05) is 39.3 Å². The molecule has 7 nitrogen and oxygen atoms in total. The van der Waals surface area contributed by atoms with Crippen molar-refractivity contribution in [3.63, 3.8) is 0 Å². The number of morpholine rings is 1. The van der Waals surface area contributed by atoms with Crippen LogP contribution >= 0.6 is 0 Å². The van der Waals surface area contributed by atoms with Gasteiger partial charge in [-0.15, -0.1) is 0 Å². The van der Waals surface area contributed by atoms with Crippen molar-refractivity contribution < 1.29 is 14.2 Å². The SMILES string of the molecule is COCn1ncc(C)c1CNCC(c1ccc(OC)cc1)N1CCOCC1. The van der Waals surface area contributed by atoms with Gasteiger partial charge in [-0.1, -0.05) is 12.1 Å². The third kappa shape index (κ3) is 5.07. The first kappa shape index (κ1) is 19.8. The molecule has 0 spiro atoms. The fourth-order valence-corrected chi connectivity index (χ4v) is 3.47. The molecule has 1 atom stereocenters. The number of hydrogen-bond acceptors (Lipinski definition) is 6. The summed E-state index contributed by atoms with van der Waals surface area (Å²) < 4.78 is 18.0. The summed E-state index contributed by atoms with van der Waals surface area (Å²) in [7, 11) is 3.38. The van der Waals surface area contributed by atoms with E-state index in [0.29, 0.717) is 12.8 Å². The van der Waals surface area contributed by atoms with E-state index in [1.807, 2.05) is 23.0 Å². The normalized spacial score (nSPS) is 16.4. The standard InChI is InChI=1S/C20H30N4O3/c1-16-12-22-24(15-25-2)19(16)13-21-14-20(23-8-10-27-11-9-23)17-4-6-18(26-3)7-5-17/h4-7,12,20-21H,8-11,13-15H2,1-3H3. The first-order valence-corrected chi connectivity index (χ1v) is 9.39. The van der Waals surface area contributed by atoms with E-state index in [1.165, 1.54) is 11.1 Å². The van der Waals surface area contributed by atoms with Crippen LogP contribution in [0.2, 0.25) is 0 Å². The minimum Gasteiger partial charge on any atom is -0.497 e. The molecule has 3 rings (SSSR count). The number of rotatable bonds is 9. The molecule has 1 aromatic heterocycles. The molecular weight excluding hydrogens is 344 g/mol. The highest BCUT2D eigenvalue weighted by molar-refractivity contribution is 5.29. The molecule has 0 saturated carbocycles. The Balaban J connectivity index is 1.68. The van der Waals surface area contributed by atoms with Crippen LogP contribution in [0.3, 0.4) is 0 Å². The van der Waals surface area contributed by atoms with Crippen LogP contribution in [0.5, 0.6) is 5.75 Å². The molecule has 2 aromatic rings. The summed E-state index contributed by atoms with van der Waals surface area (Å²) in [5.41, 5.74) is 3.62. The molecule has 1 aliphatic heterocycles. The zero-order chi connectivity index (χ0) is 19.1. The topological polar surface area (TPSA) is 60.8 Å². The van der Waals surface area contributed by atoms with Crippen LogP contribution in [-0.4, -0.2) is 61.7 Å². The lowest BCUT2D eigenvalue weighted by Gasteiger charge is -2.35. The Morgan fingerprint density at radius 3 is 2.59 bits per heavy atom. The van der Waals surface area contributed by atoms with Gasteiger partial charge in [-0.25, -0.2) is 4.68 Å². The Morgan fingerprint density at radius 1 is 1.19 bits per heavy atom. The van der Waals surface area contributed by atoms with E-state index in [2.05, 4.69) is 34.4 Å². The Bertz CT molecular complexity index is 696. The summed E-state index contributed by atoms with van der Waals surface area (Å²) in [6.07, 6.45) is 1.89. The summed E-state index contributed by atoms with van der Waals surface area (Å²) in [5, 5.41) is 8.00. The minimum atomic E-state index is 0.291. The first-order chi connectivity index (χ1) is 13.2. The van der Waals surface area contributed by atoms with E-state index in [1.54, 1.807) is 14.2 Å². The second-order valence-corrected chi connectivity index (χ2v) is 6.76. The highest BCUT2D eigenvalue weighted by atomic mass is 16.5. The molecule has 2 heterocycles. The quantitative estimate of drug-likeness (QED) is 0.724. The lowest BCUT2D eigenvalue weighted by molar-refractivity contribution is 0.0160. The largest absolute Gasteiger partial charge is 0.497 e. The van der Waals surface area contributed by atoms with Gasteiger partial charge < -0.3 is 19.5 Å². The number of hydrogen-bond donors (Lipinski definition) is 1. The smallest absolute Gasteiger partial charge is 0.139 e. The monoisotopic (exact) mass is 374 g/mol. The van der Waals surface area contributed by atoms with Gasteiger partial charge in [0.1, 0.15) is 12.5 Å². The molecule has 1 aromatic carbocycles. The Kier molecular flexibility index (Phi) is 7.23. The zero-order valence-corrected chi connectivity index (χ0v) is 16.5. The van der Waals surface area contributed by atoms with Crippen molar-refractivity contribution >= 4 is 0 Å². The molecule has 0 aliphatic carbocycles. The van der Waals surface area contributed by atoms with Crippen LogP contribution in [0.4, 0.5) is 0 Å². The van der Waals surface area contributed by atoms with Gasteiger partial charge in [0.25, 0.3) is 0 Å². The molecule has 148 valence electrons. The number of aromatic nitrogens is 2. The number of nitrogens with one attached hydrogen (secondary N) is 1. The summed E-state index contributed by atoms with van der Waals surface area (Å²) in [6.45, 7) is 7.61. The summed E-state index contributed by atoms with van der Waals surface area (Å²) >= 11 is 0. The molecule has 1 saturated heterocycles.